The van der Waals surface area contributed by atoms with Crippen molar-refractivity contribution in [3.8, 4) is 0 Å². The van der Waals surface area contributed by atoms with Crippen LogP contribution in [0.25, 0.3) is 6.08 Å². The van der Waals surface area contributed by atoms with Gasteiger partial charge >= 0.3 is 0 Å². The number of aryl methyl sites for hydroxylation is 1. The van der Waals surface area contributed by atoms with Crippen LogP contribution in [-0.4, -0.2) is 11.8 Å². The van der Waals surface area contributed by atoms with Crippen LogP contribution in [0.15, 0.2) is 48.5 Å². The first-order chi connectivity index (χ1) is 11.8. The van der Waals surface area contributed by atoms with Crippen LogP contribution < -0.4 is 10.6 Å². The van der Waals surface area contributed by atoms with Crippen molar-refractivity contribution in [2.24, 2.45) is 5.92 Å². The molecule has 0 heterocycles. The van der Waals surface area contributed by atoms with Gasteiger partial charge in [0.2, 0.25) is 11.8 Å². The molecule has 2 aromatic carbocycles. The molecule has 5 heteroatoms. The van der Waals surface area contributed by atoms with E-state index in [1.54, 1.807) is 24.3 Å². The topological polar surface area (TPSA) is 58.2 Å². The van der Waals surface area contributed by atoms with Crippen LogP contribution in [0, 0.1) is 12.8 Å². The second-order valence-electron chi connectivity index (χ2n) is 6.05. The quantitative estimate of drug-likeness (QED) is 0.749. The fourth-order valence-corrected chi connectivity index (χ4v) is 2.28. The lowest BCUT2D eigenvalue weighted by atomic mass is 10.1. The zero-order chi connectivity index (χ0) is 18.4. The van der Waals surface area contributed by atoms with Crippen LogP contribution in [-0.2, 0) is 9.59 Å². The molecule has 0 bridgehead atoms. The number of rotatable bonds is 5. The summed E-state index contributed by atoms with van der Waals surface area (Å²) < 4.78 is 0. The second kappa shape index (κ2) is 8.49. The number of anilines is 2. The van der Waals surface area contributed by atoms with E-state index in [-0.39, 0.29) is 17.7 Å². The third-order valence-electron chi connectivity index (χ3n) is 3.56. The van der Waals surface area contributed by atoms with Gasteiger partial charge in [-0.3, -0.25) is 9.59 Å². The van der Waals surface area contributed by atoms with Gasteiger partial charge in [0.25, 0.3) is 0 Å². The van der Waals surface area contributed by atoms with Gasteiger partial charge in [-0.25, -0.2) is 0 Å². The molecule has 0 unspecified atom stereocenters. The summed E-state index contributed by atoms with van der Waals surface area (Å²) in [6.45, 7) is 5.55. The van der Waals surface area contributed by atoms with Crippen LogP contribution in [0.3, 0.4) is 0 Å². The average Bonchev–Trinajstić information content (AvgIpc) is 2.56. The van der Waals surface area contributed by atoms with Gasteiger partial charge in [-0.15, -0.1) is 0 Å². The molecule has 0 aliphatic rings. The molecule has 4 nitrogen and oxygen atoms in total. The number of nitrogens with one attached hydrogen (secondary N) is 2. The first kappa shape index (κ1) is 18.7. The van der Waals surface area contributed by atoms with Crippen LogP contribution in [0.5, 0.6) is 0 Å². The Labute approximate surface area is 152 Å². The van der Waals surface area contributed by atoms with E-state index in [0.717, 1.165) is 11.1 Å². The van der Waals surface area contributed by atoms with Crippen molar-refractivity contribution < 1.29 is 9.59 Å². The summed E-state index contributed by atoms with van der Waals surface area (Å²) in [6.07, 6.45) is 3.14. The number of carbonyl (C=O) groups excluding carboxylic acids is 2. The Morgan fingerprint density at radius 1 is 1.08 bits per heavy atom. The van der Waals surface area contributed by atoms with E-state index in [4.69, 9.17) is 11.6 Å². The van der Waals surface area contributed by atoms with Gasteiger partial charge in [0.1, 0.15) is 0 Å². The molecule has 0 spiro atoms. The van der Waals surface area contributed by atoms with Crippen molar-refractivity contribution in [2.75, 3.05) is 10.6 Å². The molecule has 0 radical (unpaired) electrons. The highest BCUT2D eigenvalue weighted by Crippen LogP contribution is 2.21. The summed E-state index contributed by atoms with van der Waals surface area (Å²) >= 11 is 5.92. The van der Waals surface area contributed by atoms with Crippen molar-refractivity contribution in [2.45, 2.75) is 20.8 Å². The van der Waals surface area contributed by atoms with Crippen molar-refractivity contribution in [1.82, 2.24) is 0 Å². The molecule has 2 aromatic rings. The lowest BCUT2D eigenvalue weighted by molar-refractivity contribution is -0.119. The van der Waals surface area contributed by atoms with Gasteiger partial charge in [0.05, 0.1) is 0 Å². The van der Waals surface area contributed by atoms with Crippen molar-refractivity contribution in [1.29, 1.82) is 0 Å². The Balaban J connectivity index is 2.08. The van der Waals surface area contributed by atoms with E-state index in [2.05, 4.69) is 10.6 Å². The van der Waals surface area contributed by atoms with Gasteiger partial charge < -0.3 is 10.6 Å². The summed E-state index contributed by atoms with van der Waals surface area (Å²) in [7, 11) is 0. The van der Waals surface area contributed by atoms with E-state index in [9.17, 15) is 9.59 Å². The number of carbonyl (C=O) groups is 2. The van der Waals surface area contributed by atoms with E-state index < -0.39 is 0 Å². The van der Waals surface area contributed by atoms with Crippen molar-refractivity contribution in [3.05, 3.63) is 64.7 Å². The number of amides is 2. The summed E-state index contributed by atoms with van der Waals surface area (Å²) in [6, 6.07) is 12.7. The first-order valence-corrected chi connectivity index (χ1v) is 8.39. The Morgan fingerprint density at radius 2 is 1.84 bits per heavy atom. The van der Waals surface area contributed by atoms with Crippen LogP contribution >= 0.6 is 11.6 Å². The van der Waals surface area contributed by atoms with Crippen LogP contribution in [0.1, 0.15) is 25.0 Å². The number of hydrogen-bond acceptors (Lipinski definition) is 2. The second-order valence-corrected chi connectivity index (χ2v) is 6.49. The standard InChI is InChI=1S/C20H21ClN2O2/c1-13(2)20(25)22-17-9-7-14(3)18(12-17)23-19(24)10-8-15-5-4-6-16(21)11-15/h4-13H,1-3H3,(H,22,25)(H,23,24)/b10-8+. The highest BCUT2D eigenvalue weighted by atomic mass is 35.5. The SMILES string of the molecule is Cc1ccc(NC(=O)C(C)C)cc1NC(=O)/C=C/c1cccc(Cl)c1. The zero-order valence-electron chi connectivity index (χ0n) is 14.5. The van der Waals surface area contributed by atoms with Gasteiger partial charge in [-0.1, -0.05) is 43.6 Å². The number of benzene rings is 2. The normalized spacial score (nSPS) is 10.9. The molecule has 2 N–H and O–H groups in total. The zero-order valence-corrected chi connectivity index (χ0v) is 15.2. The summed E-state index contributed by atoms with van der Waals surface area (Å²) in [5, 5.41) is 6.27. The molecule has 0 atom stereocenters. The van der Waals surface area contributed by atoms with E-state index in [1.165, 1.54) is 6.08 Å². The Kier molecular flexibility index (Phi) is 6.37. The predicted octanol–water partition coefficient (Wildman–Crippen LogP) is 4.89. The van der Waals surface area contributed by atoms with Gasteiger partial charge in [0.15, 0.2) is 0 Å². The molecular weight excluding hydrogens is 336 g/mol. The molecule has 0 aliphatic carbocycles. The van der Waals surface area contributed by atoms with E-state index in [1.807, 2.05) is 45.0 Å². The Hall–Kier alpha value is -2.59. The molecule has 0 fully saturated rings. The van der Waals surface area contributed by atoms with Crippen molar-refractivity contribution in [3.63, 3.8) is 0 Å². The summed E-state index contributed by atoms with van der Waals surface area (Å²) in [4.78, 5) is 23.9. The molecule has 0 saturated carbocycles. The minimum atomic E-state index is -0.254. The highest BCUT2D eigenvalue weighted by Gasteiger charge is 2.09. The minimum Gasteiger partial charge on any atom is -0.326 e. The molecule has 0 saturated heterocycles. The number of hydrogen-bond donors (Lipinski definition) is 2. The minimum absolute atomic E-state index is 0.0676. The van der Waals surface area contributed by atoms with Gasteiger partial charge in [0, 0.05) is 28.4 Å². The third kappa shape index (κ3) is 5.76. The molecule has 130 valence electrons. The lowest BCUT2D eigenvalue weighted by Gasteiger charge is -2.12. The molecule has 2 rings (SSSR count). The van der Waals surface area contributed by atoms with Crippen LogP contribution in [0.2, 0.25) is 5.02 Å². The molecule has 0 aromatic heterocycles. The van der Waals surface area contributed by atoms with E-state index >= 15 is 0 Å². The van der Waals surface area contributed by atoms with Gasteiger partial charge in [-0.05, 0) is 48.4 Å². The predicted molar refractivity (Wildman–Crippen MR) is 104 cm³/mol. The number of halogens is 1. The summed E-state index contributed by atoms with van der Waals surface area (Å²) in [5.74, 6) is -0.433. The fourth-order valence-electron chi connectivity index (χ4n) is 2.08. The molecule has 0 aliphatic heterocycles. The maximum absolute atomic E-state index is 12.1. The van der Waals surface area contributed by atoms with Crippen molar-refractivity contribution >= 4 is 40.9 Å². The van der Waals surface area contributed by atoms with Crippen LogP contribution in [0.4, 0.5) is 11.4 Å². The first-order valence-electron chi connectivity index (χ1n) is 8.01. The molecular formula is C20H21ClN2O2. The monoisotopic (exact) mass is 356 g/mol. The van der Waals surface area contributed by atoms with E-state index in [0.29, 0.717) is 16.4 Å². The third-order valence-corrected chi connectivity index (χ3v) is 3.80. The Bertz CT molecular complexity index is 813. The fraction of sp³-hybridized carbons (Fsp3) is 0.200. The molecule has 2 amide bonds. The van der Waals surface area contributed by atoms with Gasteiger partial charge in [-0.2, -0.15) is 0 Å². The molecule has 25 heavy (non-hydrogen) atoms. The highest BCUT2D eigenvalue weighted by molar-refractivity contribution is 6.30. The smallest absolute Gasteiger partial charge is 0.248 e. The summed E-state index contributed by atoms with van der Waals surface area (Å²) in [5.41, 5.74) is 3.06. The largest absolute Gasteiger partial charge is 0.326 e. The lowest BCUT2D eigenvalue weighted by Crippen LogP contribution is -2.18. The maximum atomic E-state index is 12.1. The maximum Gasteiger partial charge on any atom is 0.248 e. The Morgan fingerprint density at radius 3 is 2.52 bits per heavy atom. The average molecular weight is 357 g/mol.